The molecule has 9 heteroatoms. The van der Waals surface area contributed by atoms with Crippen LogP contribution >= 0.6 is 0 Å². The average Bonchev–Trinajstić information content (AvgIpc) is 3.44. The van der Waals surface area contributed by atoms with E-state index in [1.807, 2.05) is 37.5 Å². The van der Waals surface area contributed by atoms with Crippen LogP contribution in [0.3, 0.4) is 0 Å². The van der Waals surface area contributed by atoms with Gasteiger partial charge < -0.3 is 0 Å². The van der Waals surface area contributed by atoms with Gasteiger partial charge in [0.15, 0.2) is 0 Å². The van der Waals surface area contributed by atoms with Crippen molar-refractivity contribution in [3.05, 3.63) is 91.0 Å². The van der Waals surface area contributed by atoms with Crippen LogP contribution in [-0.4, -0.2) is 44.9 Å². The molecule has 2 radical (unpaired) electrons. The second-order valence-corrected chi connectivity index (χ2v) is 9.90. The minimum atomic E-state index is -3.75. The number of nitrogens with one attached hydrogen (secondary N) is 1. The summed E-state index contributed by atoms with van der Waals surface area (Å²) in [5.74, 6) is -0.301. The molecule has 1 N–H and O–H groups in total. The van der Waals surface area contributed by atoms with Crippen molar-refractivity contribution in [1.82, 2.24) is 13.8 Å². The van der Waals surface area contributed by atoms with Crippen LogP contribution in [0.2, 0.25) is 0 Å². The number of para-hydroxylation sites is 1. The van der Waals surface area contributed by atoms with Gasteiger partial charge in [0.25, 0.3) is 0 Å². The molecule has 0 saturated heterocycles. The van der Waals surface area contributed by atoms with Crippen molar-refractivity contribution in [2.75, 3.05) is 5.32 Å². The van der Waals surface area contributed by atoms with E-state index in [1.165, 1.54) is 18.5 Å². The van der Waals surface area contributed by atoms with Crippen LogP contribution in [0, 0.1) is 0 Å². The first-order valence-corrected chi connectivity index (χ1v) is 12.0. The molecule has 0 fully saturated rings. The maximum absolute atomic E-state index is 13.0. The van der Waals surface area contributed by atoms with Gasteiger partial charge in [-0.25, -0.2) is 0 Å². The predicted octanol–water partition coefficient (Wildman–Crippen LogP) is 2.57. The smallest absolute Gasteiger partial charge is 0.181 e. The zero-order chi connectivity index (χ0) is 22.7. The van der Waals surface area contributed by atoms with E-state index >= 15 is 0 Å². The van der Waals surface area contributed by atoms with Crippen molar-refractivity contribution in [1.29, 1.82) is 0 Å². The van der Waals surface area contributed by atoms with E-state index in [0.29, 0.717) is 11.3 Å². The van der Waals surface area contributed by atoms with E-state index in [-0.39, 0.29) is 10.8 Å². The quantitative estimate of drug-likeness (QED) is 0.322. The molecule has 0 unspecified atom stereocenters. The van der Waals surface area contributed by atoms with Gasteiger partial charge in [0.2, 0.25) is 0 Å². The van der Waals surface area contributed by atoms with Crippen molar-refractivity contribution in [2.24, 2.45) is 7.05 Å². The van der Waals surface area contributed by atoms with Gasteiger partial charge in [-0.3, -0.25) is 4.68 Å². The van der Waals surface area contributed by atoms with E-state index in [9.17, 15) is 13.2 Å². The molecule has 0 spiro atoms. The standard InChI is InChI=1S/C23H19AsN4O3S/c1-27-16-19(14-25-27)18-7-9-20(10-8-18)32(30,31)28-13-12-17(15-28)6-11-23(29)26-22-5-3-2-4-21(22)24/h2-16H,1H3,(H,26,29)/b11-6+. The van der Waals surface area contributed by atoms with Gasteiger partial charge in [0, 0.05) is 18.8 Å². The molecule has 0 atom stereocenters. The molecule has 2 aromatic heterocycles. The summed E-state index contributed by atoms with van der Waals surface area (Å²) in [6.07, 6.45) is 9.46. The summed E-state index contributed by atoms with van der Waals surface area (Å²) in [6.45, 7) is 0. The molecule has 7 nitrogen and oxygen atoms in total. The topological polar surface area (TPSA) is 86.0 Å². The van der Waals surface area contributed by atoms with Gasteiger partial charge in [-0.1, -0.05) is 12.1 Å². The van der Waals surface area contributed by atoms with Crippen molar-refractivity contribution in [2.45, 2.75) is 4.90 Å². The zero-order valence-electron chi connectivity index (χ0n) is 17.1. The van der Waals surface area contributed by atoms with E-state index in [4.69, 9.17) is 0 Å². The van der Waals surface area contributed by atoms with E-state index < -0.39 is 10.0 Å². The van der Waals surface area contributed by atoms with Crippen LogP contribution in [0.1, 0.15) is 5.56 Å². The minimum absolute atomic E-state index is 0.173. The molecule has 0 aliphatic heterocycles. The van der Waals surface area contributed by atoms with Crippen molar-refractivity contribution >= 4 is 48.9 Å². The third kappa shape index (κ3) is 4.77. The molecule has 4 aromatic rings. The van der Waals surface area contributed by atoms with Gasteiger partial charge in [-0.05, 0) is 5.56 Å². The second-order valence-electron chi connectivity index (χ2n) is 7.05. The van der Waals surface area contributed by atoms with E-state index in [1.54, 1.807) is 47.3 Å². The number of hydrogen-bond acceptors (Lipinski definition) is 4. The molecule has 4 rings (SSSR count). The molecule has 0 saturated carbocycles. The molecule has 1 amide bonds. The third-order valence-electron chi connectivity index (χ3n) is 4.75. The van der Waals surface area contributed by atoms with Gasteiger partial charge in [0.1, 0.15) is 0 Å². The van der Waals surface area contributed by atoms with Gasteiger partial charge in [0.05, 0.1) is 6.20 Å². The Labute approximate surface area is 194 Å². The number of nitrogens with zero attached hydrogens (tertiary/aromatic N) is 3. The minimum Gasteiger partial charge on any atom is -0.181 e. The zero-order valence-corrected chi connectivity index (χ0v) is 19.8. The molecule has 2 heterocycles. The van der Waals surface area contributed by atoms with Crippen molar-refractivity contribution in [3.8, 4) is 11.1 Å². The average molecular weight is 506 g/mol. The fourth-order valence-corrected chi connectivity index (χ4v) is 4.74. The summed E-state index contributed by atoms with van der Waals surface area (Å²) in [7, 11) is -1.92. The van der Waals surface area contributed by atoms with Gasteiger partial charge in [-0.15, -0.1) is 0 Å². The number of amides is 1. The Balaban J connectivity index is 1.48. The van der Waals surface area contributed by atoms with Crippen molar-refractivity contribution < 1.29 is 13.2 Å². The number of aromatic nitrogens is 3. The normalized spacial score (nSPS) is 11.7. The molecule has 0 aliphatic rings. The van der Waals surface area contributed by atoms with Crippen LogP contribution < -0.4 is 9.67 Å². The number of aryl methyl sites for hydroxylation is 1. The molecular formula is C23H19AsN4O3S. The van der Waals surface area contributed by atoms with Crippen molar-refractivity contribution in [3.63, 3.8) is 0 Å². The van der Waals surface area contributed by atoms with Gasteiger partial charge >= 0.3 is 143 Å². The van der Waals surface area contributed by atoms with E-state index in [0.717, 1.165) is 19.5 Å². The Hall–Kier alpha value is -3.35. The van der Waals surface area contributed by atoms with Crippen LogP contribution in [-0.2, 0) is 21.9 Å². The maximum atomic E-state index is 13.0. The van der Waals surface area contributed by atoms with Crippen LogP contribution in [0.25, 0.3) is 17.2 Å². The Kier molecular flexibility index (Phi) is 6.16. The Morgan fingerprint density at radius 2 is 1.78 bits per heavy atom. The summed E-state index contributed by atoms with van der Waals surface area (Å²) in [4.78, 5) is 12.4. The Morgan fingerprint density at radius 3 is 2.47 bits per heavy atom. The molecule has 2 aromatic carbocycles. The SMILES string of the molecule is Cn1cc(-c2ccc(S(=O)(=O)n3ccc(/C=C/C(=O)Nc4ccccc4[As])c3)cc2)cn1. The molecule has 160 valence electrons. The fraction of sp³-hybridized carbons (Fsp3) is 0.0435. The summed E-state index contributed by atoms with van der Waals surface area (Å²) in [5.41, 5.74) is 3.09. The predicted molar refractivity (Wildman–Crippen MR) is 125 cm³/mol. The number of carbonyl (C=O) groups is 1. The van der Waals surface area contributed by atoms with Crippen LogP contribution in [0.15, 0.2) is 90.4 Å². The van der Waals surface area contributed by atoms with E-state index in [2.05, 4.69) is 27.3 Å². The first-order chi connectivity index (χ1) is 15.3. The molecular weight excluding hydrogens is 487 g/mol. The number of hydrogen-bond donors (Lipinski definition) is 1. The first-order valence-electron chi connectivity index (χ1n) is 9.63. The summed E-state index contributed by atoms with van der Waals surface area (Å²) >= 11 is 2.40. The number of anilines is 1. The number of rotatable bonds is 6. The number of carbonyl (C=O) groups excluding carboxylic acids is 1. The molecule has 0 bridgehead atoms. The third-order valence-corrected chi connectivity index (χ3v) is 7.22. The Bertz CT molecular complexity index is 1400. The fourth-order valence-electron chi connectivity index (χ4n) is 3.08. The second kappa shape index (κ2) is 9.02. The summed E-state index contributed by atoms with van der Waals surface area (Å²) < 4.78 is 29.6. The summed E-state index contributed by atoms with van der Waals surface area (Å²) in [5, 5.41) is 6.92. The first kappa shape index (κ1) is 21.9. The molecule has 32 heavy (non-hydrogen) atoms. The van der Waals surface area contributed by atoms with Crippen LogP contribution in [0.4, 0.5) is 5.69 Å². The number of benzene rings is 2. The Morgan fingerprint density at radius 1 is 1.03 bits per heavy atom. The van der Waals surface area contributed by atoms with Crippen LogP contribution in [0.5, 0.6) is 0 Å². The summed E-state index contributed by atoms with van der Waals surface area (Å²) in [6, 6.07) is 15.7. The molecule has 0 aliphatic carbocycles. The van der Waals surface area contributed by atoms with Gasteiger partial charge in [-0.2, -0.15) is 5.10 Å². The monoisotopic (exact) mass is 506 g/mol.